The van der Waals surface area contributed by atoms with Crippen molar-refractivity contribution >= 4 is 41.3 Å². The van der Waals surface area contributed by atoms with Crippen LogP contribution in [0.3, 0.4) is 0 Å². The van der Waals surface area contributed by atoms with Crippen molar-refractivity contribution in [3.63, 3.8) is 0 Å². The number of hydrogen-bond donors (Lipinski definition) is 0. The van der Waals surface area contributed by atoms with Gasteiger partial charge in [-0.1, -0.05) is 114 Å². The van der Waals surface area contributed by atoms with Crippen LogP contribution in [0, 0.1) is 0 Å². The van der Waals surface area contributed by atoms with Gasteiger partial charge in [0.2, 0.25) is 0 Å². The molecule has 0 saturated heterocycles. The molecule has 0 aliphatic rings. The third-order valence-corrected chi connectivity index (χ3v) is 5.87. The van der Waals surface area contributed by atoms with Crippen LogP contribution in [0.4, 0.5) is 0 Å². The molecule has 176 valence electrons. The van der Waals surface area contributed by atoms with Gasteiger partial charge >= 0.3 is 35.5 Å². The molecule has 0 saturated carbocycles. The zero-order valence-electron chi connectivity index (χ0n) is 19.8. The standard InChI is InChI=1S/C29H40O3.Na.H/c1-2-3-4-5-6-7-8-9-10-11-12-13-17-20-28(30)32-27-23-21-26(22-24-27)29(31)25-18-15-14-16-19-25;;/h14-16,18-19,21-24H,2-13,17,20H2,1H3;;. The molecule has 0 radical (unpaired) electrons. The fourth-order valence-electron chi connectivity index (χ4n) is 3.90. The summed E-state index contributed by atoms with van der Waals surface area (Å²) in [7, 11) is 0. The molecular formula is C29H41NaO3. The summed E-state index contributed by atoms with van der Waals surface area (Å²) in [6.07, 6.45) is 17.2. The van der Waals surface area contributed by atoms with E-state index in [1.54, 1.807) is 36.4 Å². The van der Waals surface area contributed by atoms with Crippen molar-refractivity contribution in [2.45, 2.75) is 96.8 Å². The van der Waals surface area contributed by atoms with E-state index in [1.807, 2.05) is 18.2 Å². The second-order valence-electron chi connectivity index (χ2n) is 8.69. The van der Waals surface area contributed by atoms with Gasteiger partial charge in [-0.05, 0) is 30.7 Å². The molecule has 0 aliphatic carbocycles. The monoisotopic (exact) mass is 460 g/mol. The Bertz CT molecular complexity index is 771. The summed E-state index contributed by atoms with van der Waals surface area (Å²) in [5, 5.41) is 0. The Labute approximate surface area is 223 Å². The fourth-order valence-corrected chi connectivity index (χ4v) is 3.90. The molecule has 2 aromatic rings. The molecule has 0 bridgehead atoms. The quantitative estimate of drug-likeness (QED) is 0.0800. The topological polar surface area (TPSA) is 43.4 Å². The van der Waals surface area contributed by atoms with Gasteiger partial charge in [-0.3, -0.25) is 9.59 Å². The first kappa shape index (κ1) is 29.6. The maximum absolute atomic E-state index is 12.4. The molecule has 0 heterocycles. The van der Waals surface area contributed by atoms with E-state index in [9.17, 15) is 9.59 Å². The van der Waals surface area contributed by atoms with Gasteiger partial charge in [0, 0.05) is 17.5 Å². The van der Waals surface area contributed by atoms with Crippen LogP contribution in [0.5, 0.6) is 5.75 Å². The predicted octanol–water partition coefficient (Wildman–Crippen LogP) is 7.66. The minimum absolute atomic E-state index is 0. The van der Waals surface area contributed by atoms with Crippen molar-refractivity contribution in [1.82, 2.24) is 0 Å². The first-order valence-corrected chi connectivity index (χ1v) is 12.6. The van der Waals surface area contributed by atoms with E-state index in [-0.39, 0.29) is 41.3 Å². The number of unbranched alkanes of at least 4 members (excludes halogenated alkanes) is 12. The number of carbonyl (C=O) groups excluding carboxylic acids is 2. The number of rotatable bonds is 17. The van der Waals surface area contributed by atoms with Gasteiger partial charge in [0.05, 0.1) is 0 Å². The van der Waals surface area contributed by atoms with E-state index in [2.05, 4.69) is 6.92 Å². The van der Waals surface area contributed by atoms with Crippen LogP contribution < -0.4 is 4.74 Å². The molecule has 2 aromatic carbocycles. The summed E-state index contributed by atoms with van der Waals surface area (Å²) in [5.74, 6) is 0.264. The molecule has 0 unspecified atom stereocenters. The molecule has 0 N–H and O–H groups in total. The van der Waals surface area contributed by atoms with Crippen LogP contribution in [-0.2, 0) is 4.79 Å². The molecule has 0 amide bonds. The van der Waals surface area contributed by atoms with Crippen LogP contribution in [0.15, 0.2) is 54.6 Å². The van der Waals surface area contributed by atoms with Gasteiger partial charge in [0.25, 0.3) is 0 Å². The summed E-state index contributed by atoms with van der Waals surface area (Å²) in [6, 6.07) is 16.0. The average Bonchev–Trinajstić information content (AvgIpc) is 2.82. The van der Waals surface area contributed by atoms with Gasteiger partial charge in [0.15, 0.2) is 5.78 Å². The van der Waals surface area contributed by atoms with E-state index in [0.29, 0.717) is 23.3 Å². The van der Waals surface area contributed by atoms with Crippen molar-refractivity contribution in [3.8, 4) is 5.75 Å². The molecule has 33 heavy (non-hydrogen) atoms. The summed E-state index contributed by atoms with van der Waals surface area (Å²) in [5.41, 5.74) is 1.24. The van der Waals surface area contributed by atoms with Crippen LogP contribution in [0.25, 0.3) is 0 Å². The Kier molecular flexibility index (Phi) is 17.0. The third kappa shape index (κ3) is 13.2. The Hall–Kier alpha value is -1.42. The SMILES string of the molecule is CCCCCCCCCCCCCCCC(=O)Oc1ccc(C(=O)c2ccccc2)cc1.[NaH]. The Morgan fingerprint density at radius 2 is 1.06 bits per heavy atom. The van der Waals surface area contributed by atoms with Crippen LogP contribution in [-0.4, -0.2) is 41.3 Å². The van der Waals surface area contributed by atoms with E-state index in [1.165, 1.54) is 70.6 Å². The fraction of sp³-hybridized carbons (Fsp3) is 0.517. The van der Waals surface area contributed by atoms with Gasteiger partial charge in [-0.15, -0.1) is 0 Å². The second kappa shape index (κ2) is 18.9. The molecule has 3 nitrogen and oxygen atoms in total. The summed E-state index contributed by atoms with van der Waals surface area (Å²) < 4.78 is 5.41. The molecule has 0 aliphatic heterocycles. The second-order valence-corrected chi connectivity index (χ2v) is 8.69. The Balaban J connectivity index is 0.00000544. The van der Waals surface area contributed by atoms with Crippen LogP contribution in [0.1, 0.15) is 113 Å². The molecule has 0 atom stereocenters. The number of hydrogen-bond acceptors (Lipinski definition) is 3. The number of carbonyl (C=O) groups is 2. The molecular weight excluding hydrogens is 419 g/mol. The van der Waals surface area contributed by atoms with Gasteiger partial charge in [-0.25, -0.2) is 0 Å². The predicted molar refractivity (Wildman–Crippen MR) is 139 cm³/mol. The summed E-state index contributed by atoms with van der Waals surface area (Å²) in [6.45, 7) is 2.26. The van der Waals surface area contributed by atoms with Crippen molar-refractivity contribution in [1.29, 1.82) is 0 Å². The molecule has 0 aromatic heterocycles. The number of esters is 1. The Morgan fingerprint density at radius 3 is 1.58 bits per heavy atom. The Morgan fingerprint density at radius 1 is 0.606 bits per heavy atom. The first-order valence-electron chi connectivity index (χ1n) is 12.6. The first-order chi connectivity index (χ1) is 15.7. The van der Waals surface area contributed by atoms with Gasteiger partial charge in [0.1, 0.15) is 5.75 Å². The third-order valence-electron chi connectivity index (χ3n) is 5.87. The van der Waals surface area contributed by atoms with Crippen LogP contribution in [0.2, 0.25) is 0 Å². The zero-order valence-corrected chi connectivity index (χ0v) is 19.8. The number of benzene rings is 2. The van der Waals surface area contributed by atoms with E-state index >= 15 is 0 Å². The summed E-state index contributed by atoms with van der Waals surface area (Å²) in [4.78, 5) is 24.5. The van der Waals surface area contributed by atoms with Crippen molar-refractivity contribution in [2.75, 3.05) is 0 Å². The maximum atomic E-state index is 12.4. The molecule has 4 heteroatoms. The summed E-state index contributed by atoms with van der Waals surface area (Å²) >= 11 is 0. The normalized spacial score (nSPS) is 10.5. The van der Waals surface area contributed by atoms with E-state index < -0.39 is 0 Å². The van der Waals surface area contributed by atoms with Gasteiger partial charge in [-0.2, -0.15) is 0 Å². The molecule has 0 fully saturated rings. The van der Waals surface area contributed by atoms with Crippen molar-refractivity contribution in [3.05, 3.63) is 65.7 Å². The van der Waals surface area contributed by atoms with Crippen LogP contribution >= 0.6 is 0 Å². The number of ether oxygens (including phenoxy) is 1. The average molecular weight is 461 g/mol. The van der Waals surface area contributed by atoms with Crippen molar-refractivity contribution < 1.29 is 14.3 Å². The zero-order chi connectivity index (χ0) is 22.9. The molecule has 2 rings (SSSR count). The molecule has 0 spiro atoms. The minimum atomic E-state index is -0.199. The van der Waals surface area contributed by atoms with Gasteiger partial charge < -0.3 is 4.74 Å². The van der Waals surface area contributed by atoms with Crippen molar-refractivity contribution in [2.24, 2.45) is 0 Å². The number of ketones is 1. The van der Waals surface area contributed by atoms with E-state index in [4.69, 9.17) is 4.74 Å². The van der Waals surface area contributed by atoms with E-state index in [0.717, 1.165) is 12.8 Å².